The molecular weight excluding hydrogens is 172 g/mol. The van der Waals surface area contributed by atoms with Gasteiger partial charge in [0.25, 0.3) is 0 Å². The first-order valence-corrected chi connectivity index (χ1v) is 5.35. The Balaban J connectivity index is 0. The summed E-state index contributed by atoms with van der Waals surface area (Å²) < 4.78 is 0. The van der Waals surface area contributed by atoms with Crippen LogP contribution in [0.15, 0.2) is 30.3 Å². The van der Waals surface area contributed by atoms with Crippen molar-refractivity contribution in [2.24, 2.45) is 0 Å². The van der Waals surface area contributed by atoms with Gasteiger partial charge in [0.05, 0.1) is 0 Å². The van der Waals surface area contributed by atoms with Crippen LogP contribution in [0.1, 0.15) is 39.2 Å². The summed E-state index contributed by atoms with van der Waals surface area (Å²) in [5.74, 6) is 0. The second kappa shape index (κ2) is 14.7. The first-order chi connectivity index (χ1) is 6.72. The molecule has 0 bridgehead atoms. The number of hydrogen-bond donors (Lipinski definition) is 1. The second-order valence-electron chi connectivity index (χ2n) is 3.09. The molecule has 1 nitrogen and oxygen atoms in total. The molecule has 0 atom stereocenters. The van der Waals surface area contributed by atoms with Crippen molar-refractivity contribution < 1.29 is 5.11 Å². The lowest BCUT2D eigenvalue weighted by molar-refractivity contribution is 0.295. The van der Waals surface area contributed by atoms with Crippen molar-refractivity contribution >= 4 is 0 Å². The minimum Gasteiger partial charge on any atom is -0.396 e. The lowest BCUT2D eigenvalue weighted by Gasteiger charge is -1.82. The van der Waals surface area contributed by atoms with E-state index < -0.39 is 0 Å². The average Bonchev–Trinajstić information content (AvgIpc) is 2.21. The Hall–Kier alpha value is -0.820. The molecule has 0 aliphatic heterocycles. The van der Waals surface area contributed by atoms with E-state index in [0.29, 0.717) is 6.61 Å². The molecule has 1 aromatic carbocycles. The van der Waals surface area contributed by atoms with Gasteiger partial charge in [-0.1, -0.05) is 63.1 Å². The fourth-order valence-corrected chi connectivity index (χ4v) is 0.534. The lowest BCUT2D eigenvalue weighted by atomic mass is 10.2. The van der Waals surface area contributed by atoms with Gasteiger partial charge < -0.3 is 5.11 Å². The summed E-state index contributed by atoms with van der Waals surface area (Å²) in [5, 5.41) is 7.88. The van der Waals surface area contributed by atoms with Crippen LogP contribution < -0.4 is 0 Å². The fraction of sp³-hybridized carbons (Fsp3) is 0.538. The molecule has 0 fully saturated rings. The van der Waals surface area contributed by atoms with Crippen LogP contribution in [0.3, 0.4) is 0 Å². The molecule has 1 N–H and O–H groups in total. The van der Waals surface area contributed by atoms with Crippen molar-refractivity contribution in [1.82, 2.24) is 0 Å². The van der Waals surface area contributed by atoms with E-state index in [4.69, 9.17) is 5.11 Å². The summed E-state index contributed by atoms with van der Waals surface area (Å²) in [6.07, 6.45) is 2.12. The smallest absolute Gasteiger partial charge is 0.0428 e. The molecule has 1 rings (SSSR count). The first-order valence-electron chi connectivity index (χ1n) is 5.35. The zero-order chi connectivity index (χ0) is 11.2. The first kappa shape index (κ1) is 15.6. The zero-order valence-corrected chi connectivity index (χ0v) is 9.96. The third-order valence-electron chi connectivity index (χ3n) is 1.16. The number of aliphatic hydroxyl groups excluding tert-OH is 1. The molecular formula is C13H24O. The minimum atomic E-state index is 0.319. The quantitative estimate of drug-likeness (QED) is 0.724. The Morgan fingerprint density at radius 1 is 1.00 bits per heavy atom. The van der Waals surface area contributed by atoms with Gasteiger partial charge in [-0.05, 0) is 13.3 Å². The van der Waals surface area contributed by atoms with Crippen LogP contribution in [0.5, 0.6) is 0 Å². The van der Waals surface area contributed by atoms with Crippen LogP contribution in [0.25, 0.3) is 0 Å². The maximum Gasteiger partial charge on any atom is 0.0428 e. The maximum atomic E-state index is 7.88. The van der Waals surface area contributed by atoms with E-state index in [9.17, 15) is 0 Å². The Morgan fingerprint density at radius 2 is 1.36 bits per heavy atom. The van der Waals surface area contributed by atoms with Crippen LogP contribution >= 0.6 is 0 Å². The third kappa shape index (κ3) is 17.3. The van der Waals surface area contributed by atoms with Crippen LogP contribution in [0, 0.1) is 6.92 Å². The Bertz CT molecular complexity index is 168. The third-order valence-corrected chi connectivity index (χ3v) is 1.16. The van der Waals surface area contributed by atoms with Gasteiger partial charge in [0, 0.05) is 6.61 Å². The Morgan fingerprint density at radius 3 is 1.50 bits per heavy atom. The van der Waals surface area contributed by atoms with Crippen molar-refractivity contribution in [3.05, 3.63) is 35.9 Å². The molecule has 82 valence electrons. The zero-order valence-electron chi connectivity index (χ0n) is 9.96. The van der Waals surface area contributed by atoms with E-state index in [1.54, 1.807) is 0 Å². The summed E-state index contributed by atoms with van der Waals surface area (Å²) in [5.41, 5.74) is 1.32. The maximum absolute atomic E-state index is 7.88. The van der Waals surface area contributed by atoms with Crippen molar-refractivity contribution in [1.29, 1.82) is 0 Å². The van der Waals surface area contributed by atoms with Gasteiger partial charge in [-0.3, -0.25) is 0 Å². The van der Waals surface area contributed by atoms with Gasteiger partial charge in [-0.15, -0.1) is 0 Å². The van der Waals surface area contributed by atoms with Crippen molar-refractivity contribution in [2.45, 2.75) is 40.5 Å². The molecule has 0 amide bonds. The molecule has 0 heterocycles. The van der Waals surface area contributed by atoms with Crippen LogP contribution in [-0.4, -0.2) is 11.7 Å². The average molecular weight is 196 g/mol. The largest absolute Gasteiger partial charge is 0.396 e. The number of aliphatic hydroxyl groups is 1. The highest BCUT2D eigenvalue weighted by Crippen LogP contribution is 1.92. The molecule has 0 aliphatic carbocycles. The summed E-state index contributed by atoms with van der Waals surface area (Å²) in [6.45, 7) is 8.58. The van der Waals surface area contributed by atoms with E-state index in [1.165, 1.54) is 12.0 Å². The predicted molar refractivity (Wildman–Crippen MR) is 64.5 cm³/mol. The van der Waals surface area contributed by atoms with Gasteiger partial charge in [0.15, 0.2) is 0 Å². The molecule has 0 radical (unpaired) electrons. The molecule has 0 saturated carbocycles. The number of hydrogen-bond acceptors (Lipinski definition) is 1. The molecule has 0 aliphatic rings. The molecule has 0 saturated heterocycles. The topological polar surface area (TPSA) is 20.2 Å². The van der Waals surface area contributed by atoms with Crippen LogP contribution in [-0.2, 0) is 0 Å². The van der Waals surface area contributed by atoms with E-state index in [0.717, 1.165) is 6.42 Å². The van der Waals surface area contributed by atoms with Crippen molar-refractivity contribution in [3.63, 3.8) is 0 Å². The highest BCUT2D eigenvalue weighted by molar-refractivity contribution is 5.11. The summed E-state index contributed by atoms with van der Waals surface area (Å²) in [6, 6.07) is 10.3. The predicted octanol–water partition coefficient (Wildman–Crippen LogP) is 3.80. The normalized spacial score (nSPS) is 7.79. The monoisotopic (exact) mass is 196 g/mol. The van der Waals surface area contributed by atoms with Gasteiger partial charge in [0.1, 0.15) is 0 Å². The number of aryl methyl sites for hydroxylation is 1. The van der Waals surface area contributed by atoms with Gasteiger partial charge in [-0.25, -0.2) is 0 Å². The molecule has 1 aromatic rings. The molecule has 0 unspecified atom stereocenters. The lowest BCUT2D eigenvalue weighted by Crippen LogP contribution is -1.69. The molecule has 0 spiro atoms. The summed E-state index contributed by atoms with van der Waals surface area (Å²) >= 11 is 0. The minimum absolute atomic E-state index is 0.319. The number of rotatable bonds is 1. The molecule has 14 heavy (non-hydrogen) atoms. The van der Waals surface area contributed by atoms with E-state index >= 15 is 0 Å². The van der Waals surface area contributed by atoms with Crippen molar-refractivity contribution in [3.8, 4) is 0 Å². The fourth-order valence-electron chi connectivity index (χ4n) is 0.534. The second-order valence-corrected chi connectivity index (χ2v) is 3.09. The highest BCUT2D eigenvalue weighted by atomic mass is 16.2. The molecule has 0 aromatic heterocycles. The summed E-state index contributed by atoms with van der Waals surface area (Å²) in [4.78, 5) is 0. The SMILES string of the molecule is CCC.CCCO.Cc1ccccc1. The Kier molecular flexibility index (Phi) is 16.4. The van der Waals surface area contributed by atoms with E-state index in [2.05, 4.69) is 32.9 Å². The number of benzene rings is 1. The van der Waals surface area contributed by atoms with Crippen molar-refractivity contribution in [2.75, 3.05) is 6.61 Å². The van der Waals surface area contributed by atoms with E-state index in [-0.39, 0.29) is 0 Å². The highest BCUT2D eigenvalue weighted by Gasteiger charge is 1.72. The molecule has 1 heteroatoms. The van der Waals surface area contributed by atoms with Crippen LogP contribution in [0.2, 0.25) is 0 Å². The van der Waals surface area contributed by atoms with Crippen LogP contribution in [0.4, 0.5) is 0 Å². The van der Waals surface area contributed by atoms with Gasteiger partial charge in [-0.2, -0.15) is 0 Å². The van der Waals surface area contributed by atoms with E-state index in [1.807, 2.05) is 25.1 Å². The van der Waals surface area contributed by atoms with Gasteiger partial charge in [0.2, 0.25) is 0 Å². The standard InChI is InChI=1S/C7H8.C3H8O.C3H8/c1-7-5-3-2-4-6-7;1-2-3-4;1-3-2/h2-6H,1H3;4H,2-3H2,1H3;3H2,1-2H3. The summed E-state index contributed by atoms with van der Waals surface area (Å²) in [7, 11) is 0. The Labute approximate surface area is 88.8 Å². The van der Waals surface area contributed by atoms with Gasteiger partial charge >= 0.3 is 0 Å².